The summed E-state index contributed by atoms with van der Waals surface area (Å²) in [7, 11) is 0. The molecule has 4 heteroatoms. The maximum absolute atomic E-state index is 13.7. The summed E-state index contributed by atoms with van der Waals surface area (Å²) in [6.45, 7) is 4.10. The third kappa shape index (κ3) is 3.52. The number of nitriles is 1. The third-order valence-corrected chi connectivity index (χ3v) is 3.88. The van der Waals surface area contributed by atoms with Gasteiger partial charge in [-0.1, -0.05) is 0 Å². The van der Waals surface area contributed by atoms with Gasteiger partial charge in [-0.05, 0) is 57.0 Å². The lowest BCUT2D eigenvalue weighted by atomic mass is 9.92. The molecule has 1 heterocycles. The number of hydrogen-bond acceptors (Lipinski definition) is 3. The highest BCUT2D eigenvalue weighted by Gasteiger charge is 2.23. The average molecular weight is 262 g/mol. The number of aliphatic hydroxyl groups excluding tert-OH is 1. The Morgan fingerprint density at radius 3 is 2.74 bits per heavy atom. The molecule has 0 saturated carbocycles. The molecule has 0 spiro atoms. The second-order valence-electron chi connectivity index (χ2n) is 5.27. The number of halogens is 1. The Hall–Kier alpha value is -1.44. The van der Waals surface area contributed by atoms with Gasteiger partial charge in [0.25, 0.3) is 0 Å². The molecule has 19 heavy (non-hydrogen) atoms. The van der Waals surface area contributed by atoms with Gasteiger partial charge in [-0.25, -0.2) is 4.39 Å². The van der Waals surface area contributed by atoms with Crippen molar-refractivity contribution in [3.05, 3.63) is 35.1 Å². The zero-order valence-electron chi connectivity index (χ0n) is 11.1. The highest BCUT2D eigenvalue weighted by Crippen LogP contribution is 2.22. The van der Waals surface area contributed by atoms with Crippen LogP contribution in [0.4, 0.5) is 4.39 Å². The summed E-state index contributed by atoms with van der Waals surface area (Å²) in [5.74, 6) is 0.100. The van der Waals surface area contributed by atoms with Crippen molar-refractivity contribution in [2.45, 2.75) is 32.4 Å². The molecule has 0 aliphatic carbocycles. The van der Waals surface area contributed by atoms with E-state index in [1.54, 1.807) is 6.07 Å². The van der Waals surface area contributed by atoms with Gasteiger partial charge in [-0.15, -0.1) is 0 Å². The van der Waals surface area contributed by atoms with Crippen LogP contribution in [0.5, 0.6) is 0 Å². The first-order chi connectivity index (χ1) is 9.10. The molecule has 1 aromatic rings. The molecular formula is C15H19FN2O. The molecule has 3 nitrogen and oxygen atoms in total. The highest BCUT2D eigenvalue weighted by molar-refractivity contribution is 5.33. The second-order valence-corrected chi connectivity index (χ2v) is 5.27. The van der Waals surface area contributed by atoms with Crippen LogP contribution in [0.25, 0.3) is 0 Å². The van der Waals surface area contributed by atoms with Gasteiger partial charge >= 0.3 is 0 Å². The molecule has 0 aromatic heterocycles. The number of aliphatic hydroxyl groups is 1. The summed E-state index contributed by atoms with van der Waals surface area (Å²) in [4.78, 5) is 2.18. The lowest BCUT2D eigenvalue weighted by Crippen LogP contribution is -2.36. The molecule has 1 saturated heterocycles. The van der Waals surface area contributed by atoms with E-state index in [4.69, 9.17) is 5.26 Å². The molecule has 1 unspecified atom stereocenters. The molecule has 2 rings (SSSR count). The Bertz CT molecular complexity index is 474. The molecule has 1 aromatic carbocycles. The lowest BCUT2D eigenvalue weighted by molar-refractivity contribution is 0.0692. The molecule has 1 aliphatic rings. The van der Waals surface area contributed by atoms with E-state index in [0.717, 1.165) is 25.9 Å². The van der Waals surface area contributed by atoms with Crippen LogP contribution < -0.4 is 0 Å². The molecule has 1 atom stereocenters. The molecule has 102 valence electrons. The van der Waals surface area contributed by atoms with Gasteiger partial charge in [-0.3, -0.25) is 4.90 Å². The van der Waals surface area contributed by atoms with Crippen molar-refractivity contribution in [1.82, 2.24) is 4.90 Å². The third-order valence-electron chi connectivity index (χ3n) is 3.88. The Morgan fingerprint density at radius 2 is 2.16 bits per heavy atom. The molecule has 1 N–H and O–H groups in total. The van der Waals surface area contributed by atoms with E-state index in [1.165, 1.54) is 12.1 Å². The Labute approximate surface area is 113 Å². The van der Waals surface area contributed by atoms with E-state index in [2.05, 4.69) is 4.90 Å². The van der Waals surface area contributed by atoms with Gasteiger partial charge in [-0.2, -0.15) is 5.26 Å². The molecule has 0 amide bonds. The zero-order valence-corrected chi connectivity index (χ0v) is 11.1. The predicted octanol–water partition coefficient (Wildman–Crippen LogP) is 2.29. The number of likely N-dealkylation sites (tertiary alicyclic amines) is 1. The fraction of sp³-hybridized carbons (Fsp3) is 0.533. The smallest absolute Gasteiger partial charge is 0.127 e. The Kier molecular flexibility index (Phi) is 4.52. The molecule has 0 radical (unpaired) electrons. The van der Waals surface area contributed by atoms with Gasteiger partial charge in [0.05, 0.1) is 17.7 Å². The summed E-state index contributed by atoms with van der Waals surface area (Å²) in [5, 5.41) is 18.4. The van der Waals surface area contributed by atoms with Crippen LogP contribution in [0.1, 0.15) is 30.9 Å². The summed E-state index contributed by atoms with van der Waals surface area (Å²) in [6.07, 6.45) is 1.62. The SMILES string of the molecule is CC(O)C1CCN(Cc2cc(C#N)ccc2F)CC1. The summed E-state index contributed by atoms with van der Waals surface area (Å²) in [6, 6.07) is 6.51. The highest BCUT2D eigenvalue weighted by atomic mass is 19.1. The van der Waals surface area contributed by atoms with Gasteiger partial charge in [0.1, 0.15) is 5.82 Å². The summed E-state index contributed by atoms with van der Waals surface area (Å²) >= 11 is 0. The predicted molar refractivity (Wildman–Crippen MR) is 70.8 cm³/mol. The fourth-order valence-corrected chi connectivity index (χ4v) is 2.60. The van der Waals surface area contributed by atoms with Crippen LogP contribution in [-0.4, -0.2) is 29.2 Å². The number of piperidine rings is 1. The Morgan fingerprint density at radius 1 is 1.47 bits per heavy atom. The number of hydrogen-bond donors (Lipinski definition) is 1. The first kappa shape index (κ1) is 14.0. The molecule has 0 bridgehead atoms. The largest absolute Gasteiger partial charge is 0.393 e. The molecular weight excluding hydrogens is 243 g/mol. The summed E-state index contributed by atoms with van der Waals surface area (Å²) < 4.78 is 13.7. The van der Waals surface area contributed by atoms with E-state index in [0.29, 0.717) is 23.6 Å². The lowest BCUT2D eigenvalue weighted by Gasteiger charge is -2.33. The first-order valence-corrected chi connectivity index (χ1v) is 6.69. The topological polar surface area (TPSA) is 47.3 Å². The normalized spacial score (nSPS) is 19.1. The van der Waals surface area contributed by atoms with Gasteiger partial charge < -0.3 is 5.11 Å². The minimum atomic E-state index is -0.263. The van der Waals surface area contributed by atoms with E-state index in [-0.39, 0.29) is 11.9 Å². The zero-order chi connectivity index (χ0) is 13.8. The number of rotatable bonds is 3. The van der Waals surface area contributed by atoms with E-state index in [1.807, 2.05) is 13.0 Å². The molecule has 1 fully saturated rings. The van der Waals surface area contributed by atoms with Crippen molar-refractivity contribution in [2.24, 2.45) is 5.92 Å². The fourth-order valence-electron chi connectivity index (χ4n) is 2.60. The maximum Gasteiger partial charge on any atom is 0.127 e. The maximum atomic E-state index is 13.7. The second kappa shape index (κ2) is 6.14. The van der Waals surface area contributed by atoms with Gasteiger partial charge in [0.2, 0.25) is 0 Å². The van der Waals surface area contributed by atoms with Crippen molar-refractivity contribution in [1.29, 1.82) is 5.26 Å². The number of benzene rings is 1. The van der Waals surface area contributed by atoms with Crippen LogP contribution in [-0.2, 0) is 6.54 Å². The minimum absolute atomic E-state index is 0.253. The van der Waals surface area contributed by atoms with E-state index >= 15 is 0 Å². The van der Waals surface area contributed by atoms with E-state index in [9.17, 15) is 9.50 Å². The van der Waals surface area contributed by atoms with Crippen molar-refractivity contribution in [3.8, 4) is 6.07 Å². The van der Waals surface area contributed by atoms with Crippen LogP contribution in [0, 0.1) is 23.1 Å². The van der Waals surface area contributed by atoms with Crippen molar-refractivity contribution >= 4 is 0 Å². The minimum Gasteiger partial charge on any atom is -0.393 e. The van der Waals surface area contributed by atoms with E-state index < -0.39 is 0 Å². The number of nitrogens with zero attached hydrogens (tertiary/aromatic N) is 2. The quantitative estimate of drug-likeness (QED) is 0.909. The standard InChI is InChI=1S/C15H19FN2O/c1-11(19)13-4-6-18(7-5-13)10-14-8-12(9-17)2-3-15(14)16/h2-3,8,11,13,19H,4-7,10H2,1H3. The van der Waals surface area contributed by atoms with Crippen LogP contribution in [0.15, 0.2) is 18.2 Å². The Balaban J connectivity index is 1.98. The van der Waals surface area contributed by atoms with Crippen molar-refractivity contribution in [2.75, 3.05) is 13.1 Å². The van der Waals surface area contributed by atoms with Gasteiger partial charge in [0.15, 0.2) is 0 Å². The van der Waals surface area contributed by atoms with Crippen LogP contribution in [0.3, 0.4) is 0 Å². The molecule has 1 aliphatic heterocycles. The average Bonchev–Trinajstić information content (AvgIpc) is 2.42. The van der Waals surface area contributed by atoms with Crippen LogP contribution in [0.2, 0.25) is 0 Å². The van der Waals surface area contributed by atoms with Crippen molar-refractivity contribution < 1.29 is 9.50 Å². The van der Waals surface area contributed by atoms with Crippen LogP contribution >= 0.6 is 0 Å². The van der Waals surface area contributed by atoms with Gasteiger partial charge in [0, 0.05) is 12.1 Å². The monoisotopic (exact) mass is 262 g/mol. The summed E-state index contributed by atoms with van der Waals surface area (Å²) in [5.41, 5.74) is 1.07. The first-order valence-electron chi connectivity index (χ1n) is 6.69. The van der Waals surface area contributed by atoms with Crippen molar-refractivity contribution in [3.63, 3.8) is 0 Å².